The average molecular weight is 206 g/mol. The van der Waals surface area contributed by atoms with E-state index in [9.17, 15) is 0 Å². The number of fused-ring (bicyclic) bond motifs is 1. The second-order valence-corrected chi connectivity index (χ2v) is 4.91. The third kappa shape index (κ3) is 1.39. The van der Waals surface area contributed by atoms with Gasteiger partial charge < -0.3 is 10.3 Å². The van der Waals surface area contributed by atoms with Crippen LogP contribution in [-0.2, 0) is 18.5 Å². The van der Waals surface area contributed by atoms with Gasteiger partial charge in [-0.3, -0.25) is 0 Å². The van der Waals surface area contributed by atoms with Gasteiger partial charge >= 0.3 is 0 Å². The molecule has 1 fully saturated rings. The Kier molecular flexibility index (Phi) is 2.06. The van der Waals surface area contributed by atoms with Crippen molar-refractivity contribution in [2.24, 2.45) is 5.73 Å². The molecule has 1 aliphatic heterocycles. The minimum atomic E-state index is -0.157. The van der Waals surface area contributed by atoms with Crippen LogP contribution in [0.2, 0.25) is 0 Å². The first kappa shape index (κ1) is 9.33. The minimum absolute atomic E-state index is 0.157. The highest BCUT2D eigenvalue weighted by Gasteiger charge is 2.39. The molecule has 2 N–H and O–H groups in total. The number of nitrogens with zero attached hydrogens (tertiary/aromatic N) is 3. The molecule has 2 heterocycles. The van der Waals surface area contributed by atoms with E-state index < -0.39 is 0 Å². The number of aromatic nitrogens is 3. The van der Waals surface area contributed by atoms with Gasteiger partial charge in [0, 0.05) is 13.0 Å². The monoisotopic (exact) mass is 206 g/mol. The maximum absolute atomic E-state index is 6.32. The van der Waals surface area contributed by atoms with Crippen molar-refractivity contribution in [3.63, 3.8) is 0 Å². The molecule has 2 aliphatic rings. The Bertz CT molecular complexity index is 365. The van der Waals surface area contributed by atoms with Crippen LogP contribution in [0.1, 0.15) is 50.2 Å². The highest BCUT2D eigenvalue weighted by atomic mass is 15.3. The van der Waals surface area contributed by atoms with Gasteiger partial charge in [0.15, 0.2) is 5.82 Å². The lowest BCUT2D eigenvalue weighted by atomic mass is 9.77. The highest BCUT2D eigenvalue weighted by molar-refractivity contribution is 5.13. The number of aryl methyl sites for hydroxylation is 1. The fraction of sp³-hybridized carbons (Fsp3) is 0.818. The SMILES string of the molecule is NC1(c2nnc3n2CCCCC3)CCC1. The van der Waals surface area contributed by atoms with Crippen LogP contribution in [0.4, 0.5) is 0 Å². The molecule has 82 valence electrons. The van der Waals surface area contributed by atoms with E-state index >= 15 is 0 Å². The van der Waals surface area contributed by atoms with Crippen LogP contribution in [0.15, 0.2) is 0 Å². The van der Waals surface area contributed by atoms with Crippen LogP contribution in [0.3, 0.4) is 0 Å². The van der Waals surface area contributed by atoms with Crippen LogP contribution < -0.4 is 5.73 Å². The van der Waals surface area contributed by atoms with Gasteiger partial charge in [-0.1, -0.05) is 6.42 Å². The standard InChI is InChI=1S/C11H18N4/c12-11(6-4-7-11)10-14-13-9-5-2-1-3-8-15(9)10/h1-8,12H2. The quantitative estimate of drug-likeness (QED) is 0.754. The molecule has 4 heteroatoms. The molecule has 0 radical (unpaired) electrons. The van der Waals surface area contributed by atoms with Gasteiger partial charge in [-0.15, -0.1) is 10.2 Å². The molecular formula is C11H18N4. The van der Waals surface area contributed by atoms with Gasteiger partial charge in [0.25, 0.3) is 0 Å². The fourth-order valence-corrected chi connectivity index (χ4v) is 2.63. The van der Waals surface area contributed by atoms with Crippen molar-refractivity contribution in [3.05, 3.63) is 11.6 Å². The lowest BCUT2D eigenvalue weighted by Crippen LogP contribution is -2.45. The number of nitrogens with two attached hydrogens (primary N) is 1. The first-order valence-electron chi connectivity index (χ1n) is 6.01. The molecule has 1 saturated carbocycles. The predicted molar refractivity (Wildman–Crippen MR) is 57.3 cm³/mol. The van der Waals surface area contributed by atoms with Crippen LogP contribution in [-0.4, -0.2) is 14.8 Å². The topological polar surface area (TPSA) is 56.7 Å². The average Bonchev–Trinajstić information content (AvgIpc) is 2.44. The largest absolute Gasteiger partial charge is 0.319 e. The predicted octanol–water partition coefficient (Wildman–Crippen LogP) is 1.34. The van der Waals surface area contributed by atoms with Crippen LogP contribution in [0.25, 0.3) is 0 Å². The zero-order chi connectivity index (χ0) is 10.3. The van der Waals surface area contributed by atoms with E-state index in [-0.39, 0.29) is 5.54 Å². The van der Waals surface area contributed by atoms with E-state index in [1.54, 1.807) is 0 Å². The summed E-state index contributed by atoms with van der Waals surface area (Å²) in [5, 5.41) is 8.62. The molecule has 0 saturated heterocycles. The number of rotatable bonds is 1. The van der Waals surface area contributed by atoms with Crippen molar-refractivity contribution in [1.29, 1.82) is 0 Å². The summed E-state index contributed by atoms with van der Waals surface area (Å²) in [4.78, 5) is 0. The molecule has 1 aromatic rings. The van der Waals surface area contributed by atoms with Gasteiger partial charge in [0.2, 0.25) is 0 Å². The maximum Gasteiger partial charge on any atom is 0.153 e. The maximum atomic E-state index is 6.32. The summed E-state index contributed by atoms with van der Waals surface area (Å²) in [5.74, 6) is 2.20. The summed E-state index contributed by atoms with van der Waals surface area (Å²) >= 11 is 0. The molecule has 0 amide bonds. The van der Waals surface area contributed by atoms with E-state index in [0.717, 1.165) is 37.5 Å². The summed E-state index contributed by atoms with van der Waals surface area (Å²) in [6.07, 6.45) is 8.25. The second-order valence-electron chi connectivity index (χ2n) is 4.91. The molecular weight excluding hydrogens is 188 g/mol. The first-order valence-corrected chi connectivity index (χ1v) is 6.01. The summed E-state index contributed by atoms with van der Waals surface area (Å²) in [6, 6.07) is 0. The summed E-state index contributed by atoms with van der Waals surface area (Å²) in [5.41, 5.74) is 6.16. The Morgan fingerprint density at radius 1 is 1.07 bits per heavy atom. The van der Waals surface area contributed by atoms with Gasteiger partial charge in [0.1, 0.15) is 5.82 Å². The Balaban J connectivity index is 1.98. The lowest BCUT2D eigenvalue weighted by molar-refractivity contribution is 0.228. The van der Waals surface area contributed by atoms with Crippen molar-refractivity contribution in [3.8, 4) is 0 Å². The lowest BCUT2D eigenvalue weighted by Gasteiger charge is -2.37. The molecule has 4 nitrogen and oxygen atoms in total. The van der Waals surface area contributed by atoms with Gasteiger partial charge in [-0.05, 0) is 32.1 Å². The van der Waals surface area contributed by atoms with Crippen molar-refractivity contribution >= 4 is 0 Å². The first-order chi connectivity index (χ1) is 7.30. The highest BCUT2D eigenvalue weighted by Crippen LogP contribution is 2.38. The Labute approximate surface area is 89.9 Å². The van der Waals surface area contributed by atoms with Crippen LogP contribution >= 0.6 is 0 Å². The smallest absolute Gasteiger partial charge is 0.153 e. The third-order valence-corrected chi connectivity index (χ3v) is 3.80. The zero-order valence-corrected chi connectivity index (χ0v) is 9.08. The van der Waals surface area contributed by atoms with Gasteiger partial charge in [-0.2, -0.15) is 0 Å². The molecule has 1 aliphatic carbocycles. The fourth-order valence-electron chi connectivity index (χ4n) is 2.63. The van der Waals surface area contributed by atoms with Crippen LogP contribution in [0, 0.1) is 0 Å². The third-order valence-electron chi connectivity index (χ3n) is 3.80. The van der Waals surface area contributed by atoms with Crippen molar-refractivity contribution < 1.29 is 0 Å². The van der Waals surface area contributed by atoms with E-state index in [4.69, 9.17) is 5.73 Å². The Morgan fingerprint density at radius 3 is 2.67 bits per heavy atom. The van der Waals surface area contributed by atoms with E-state index in [1.165, 1.54) is 25.7 Å². The summed E-state index contributed by atoms with van der Waals surface area (Å²) in [7, 11) is 0. The molecule has 3 rings (SSSR count). The zero-order valence-electron chi connectivity index (χ0n) is 9.08. The molecule has 0 atom stereocenters. The summed E-state index contributed by atoms with van der Waals surface area (Å²) < 4.78 is 2.28. The normalized spacial score (nSPS) is 24.1. The van der Waals surface area contributed by atoms with Crippen molar-refractivity contribution in [2.75, 3.05) is 0 Å². The van der Waals surface area contributed by atoms with Gasteiger partial charge in [-0.25, -0.2) is 0 Å². The van der Waals surface area contributed by atoms with E-state index in [2.05, 4.69) is 14.8 Å². The Hall–Kier alpha value is -0.900. The molecule has 1 aromatic heterocycles. The molecule has 0 bridgehead atoms. The molecule has 0 unspecified atom stereocenters. The number of hydrogen-bond donors (Lipinski definition) is 1. The molecule has 0 spiro atoms. The van der Waals surface area contributed by atoms with Crippen molar-refractivity contribution in [1.82, 2.24) is 14.8 Å². The number of hydrogen-bond acceptors (Lipinski definition) is 3. The molecule has 15 heavy (non-hydrogen) atoms. The van der Waals surface area contributed by atoms with E-state index in [0.29, 0.717) is 0 Å². The van der Waals surface area contributed by atoms with Gasteiger partial charge in [0.05, 0.1) is 5.54 Å². The van der Waals surface area contributed by atoms with E-state index in [1.807, 2.05) is 0 Å². The Morgan fingerprint density at radius 2 is 1.93 bits per heavy atom. The minimum Gasteiger partial charge on any atom is -0.319 e. The van der Waals surface area contributed by atoms with Crippen LogP contribution in [0.5, 0.6) is 0 Å². The second kappa shape index (κ2) is 3.30. The van der Waals surface area contributed by atoms with Crippen molar-refractivity contribution in [2.45, 2.75) is 57.0 Å². The summed E-state index contributed by atoms with van der Waals surface area (Å²) in [6.45, 7) is 1.07. The molecule has 0 aromatic carbocycles.